The molecule has 1 fully saturated rings. The molecule has 0 bridgehead atoms. The Labute approximate surface area is 131 Å². The average molecular weight is 297 g/mol. The van der Waals surface area contributed by atoms with E-state index in [4.69, 9.17) is 0 Å². The molecule has 0 aliphatic heterocycles. The molecule has 1 unspecified atom stereocenters. The van der Waals surface area contributed by atoms with Crippen molar-refractivity contribution >= 4 is 5.91 Å². The van der Waals surface area contributed by atoms with E-state index in [2.05, 4.69) is 43.4 Å². The van der Waals surface area contributed by atoms with E-state index in [-0.39, 0.29) is 11.9 Å². The van der Waals surface area contributed by atoms with E-state index < -0.39 is 0 Å². The Balaban J connectivity index is 2.33. The minimum absolute atomic E-state index is 0.0298. The molecule has 21 heavy (non-hydrogen) atoms. The van der Waals surface area contributed by atoms with Gasteiger partial charge in [-0.25, -0.2) is 0 Å². The van der Waals surface area contributed by atoms with Crippen LogP contribution in [-0.2, 0) is 4.79 Å². The van der Waals surface area contributed by atoms with Crippen molar-refractivity contribution in [3.8, 4) is 0 Å². The maximum absolute atomic E-state index is 12.2. The molecule has 4 nitrogen and oxygen atoms in total. The van der Waals surface area contributed by atoms with Crippen LogP contribution in [0.25, 0.3) is 0 Å². The molecule has 0 aromatic rings. The summed E-state index contributed by atoms with van der Waals surface area (Å²) in [5.74, 6) is 0.812. The smallest absolute Gasteiger partial charge is 0.237 e. The van der Waals surface area contributed by atoms with Crippen molar-refractivity contribution in [2.24, 2.45) is 5.92 Å². The van der Waals surface area contributed by atoms with E-state index in [0.717, 1.165) is 19.5 Å². The minimum atomic E-state index is -0.0298. The summed E-state index contributed by atoms with van der Waals surface area (Å²) in [6.07, 6.45) is 5.89. The molecule has 1 aliphatic carbocycles. The topological polar surface area (TPSA) is 44.4 Å². The Bertz CT molecular complexity index is 298. The average Bonchev–Trinajstić information content (AvgIpc) is 2.46. The lowest BCUT2D eigenvalue weighted by Crippen LogP contribution is -2.50. The van der Waals surface area contributed by atoms with Crippen LogP contribution in [0.5, 0.6) is 0 Å². The molecule has 1 atom stereocenters. The maximum Gasteiger partial charge on any atom is 0.237 e. The largest absolute Gasteiger partial charge is 0.355 e. The van der Waals surface area contributed by atoms with E-state index in [0.29, 0.717) is 18.0 Å². The molecule has 0 saturated heterocycles. The van der Waals surface area contributed by atoms with Gasteiger partial charge in [0.1, 0.15) is 0 Å². The first-order valence-electron chi connectivity index (χ1n) is 8.68. The van der Waals surface area contributed by atoms with E-state index in [1.807, 2.05) is 6.92 Å². The number of carbonyl (C=O) groups is 1. The molecular weight excluding hydrogens is 262 g/mol. The molecular formula is C17H35N3O. The lowest BCUT2D eigenvalue weighted by atomic mass is 9.89. The number of nitrogens with zero attached hydrogens (tertiary/aromatic N) is 1. The Hall–Kier alpha value is -0.610. The van der Waals surface area contributed by atoms with Crippen LogP contribution >= 0.6 is 0 Å². The Morgan fingerprint density at radius 3 is 2.33 bits per heavy atom. The van der Waals surface area contributed by atoms with Crippen molar-refractivity contribution in [3.63, 3.8) is 0 Å². The van der Waals surface area contributed by atoms with Crippen LogP contribution < -0.4 is 10.6 Å². The highest BCUT2D eigenvalue weighted by Gasteiger charge is 2.28. The van der Waals surface area contributed by atoms with Gasteiger partial charge in [0, 0.05) is 18.6 Å². The van der Waals surface area contributed by atoms with Gasteiger partial charge in [-0.2, -0.15) is 0 Å². The zero-order chi connectivity index (χ0) is 15.8. The summed E-state index contributed by atoms with van der Waals surface area (Å²) in [7, 11) is 2.10. The summed E-state index contributed by atoms with van der Waals surface area (Å²) in [4.78, 5) is 14.5. The summed E-state index contributed by atoms with van der Waals surface area (Å²) in [6, 6.07) is 1.19. The van der Waals surface area contributed by atoms with Crippen molar-refractivity contribution in [1.29, 1.82) is 0 Å². The predicted octanol–water partition coefficient (Wildman–Crippen LogP) is 2.39. The fourth-order valence-corrected chi connectivity index (χ4v) is 3.11. The standard InChI is InChI=1S/C17H35N3O/c1-6-18-15-7-9-16(10-8-15)20(5)14(4)17(21)19-12-11-13(2)3/h13-16,18H,6-12H2,1-5H3,(H,19,21). The third kappa shape index (κ3) is 6.35. The van der Waals surface area contributed by atoms with E-state index in [1.54, 1.807) is 0 Å². The van der Waals surface area contributed by atoms with Gasteiger partial charge < -0.3 is 10.6 Å². The number of amides is 1. The van der Waals surface area contributed by atoms with E-state index >= 15 is 0 Å². The SMILES string of the molecule is CCNC1CCC(N(C)C(C)C(=O)NCCC(C)C)CC1. The van der Waals surface area contributed by atoms with Crippen molar-refractivity contribution in [3.05, 3.63) is 0 Å². The maximum atomic E-state index is 12.2. The molecule has 0 aromatic heterocycles. The van der Waals surface area contributed by atoms with Crippen molar-refractivity contribution < 1.29 is 4.79 Å². The highest BCUT2D eigenvalue weighted by Crippen LogP contribution is 2.23. The van der Waals surface area contributed by atoms with Gasteiger partial charge >= 0.3 is 0 Å². The third-order valence-corrected chi connectivity index (χ3v) is 4.78. The molecule has 2 N–H and O–H groups in total. The molecule has 1 rings (SSSR count). The molecule has 1 aliphatic rings. The van der Waals surface area contributed by atoms with Crippen molar-refractivity contribution in [2.45, 2.75) is 77.9 Å². The Morgan fingerprint density at radius 2 is 1.81 bits per heavy atom. The number of nitrogens with one attached hydrogen (secondary N) is 2. The zero-order valence-electron chi connectivity index (χ0n) is 14.6. The number of carbonyl (C=O) groups excluding carboxylic acids is 1. The zero-order valence-corrected chi connectivity index (χ0v) is 14.6. The fraction of sp³-hybridized carbons (Fsp3) is 0.941. The van der Waals surface area contributed by atoms with E-state index in [9.17, 15) is 4.79 Å². The molecule has 1 saturated carbocycles. The lowest BCUT2D eigenvalue weighted by Gasteiger charge is -2.37. The van der Waals surface area contributed by atoms with Gasteiger partial charge in [0.05, 0.1) is 6.04 Å². The molecule has 0 radical (unpaired) electrons. The van der Waals surface area contributed by atoms with Crippen molar-refractivity contribution in [1.82, 2.24) is 15.5 Å². The summed E-state index contributed by atoms with van der Waals surface area (Å²) >= 11 is 0. The second kappa shape index (κ2) is 9.42. The first-order chi connectivity index (χ1) is 9.95. The van der Waals surface area contributed by atoms with Gasteiger partial charge in [0.25, 0.3) is 0 Å². The summed E-state index contributed by atoms with van der Waals surface area (Å²) in [5.41, 5.74) is 0. The molecule has 4 heteroatoms. The second-order valence-corrected chi connectivity index (χ2v) is 6.88. The predicted molar refractivity (Wildman–Crippen MR) is 89.4 cm³/mol. The molecule has 124 valence electrons. The van der Waals surface area contributed by atoms with Gasteiger partial charge in [-0.3, -0.25) is 9.69 Å². The first kappa shape index (κ1) is 18.4. The summed E-state index contributed by atoms with van der Waals surface area (Å²) in [5, 5.41) is 6.61. The minimum Gasteiger partial charge on any atom is -0.355 e. The lowest BCUT2D eigenvalue weighted by molar-refractivity contribution is -0.126. The highest BCUT2D eigenvalue weighted by molar-refractivity contribution is 5.81. The van der Waals surface area contributed by atoms with Gasteiger partial charge in [-0.15, -0.1) is 0 Å². The number of likely N-dealkylation sites (N-methyl/N-ethyl adjacent to an activating group) is 1. The molecule has 1 amide bonds. The Morgan fingerprint density at radius 1 is 1.19 bits per heavy atom. The normalized spacial score (nSPS) is 24.3. The molecule has 0 aromatic carbocycles. The van der Waals surface area contributed by atoms with E-state index in [1.165, 1.54) is 25.7 Å². The van der Waals surface area contributed by atoms with Crippen LogP contribution in [0.4, 0.5) is 0 Å². The highest BCUT2D eigenvalue weighted by atomic mass is 16.2. The molecule has 0 spiro atoms. The van der Waals surface area contributed by atoms with Crippen LogP contribution in [0.3, 0.4) is 0 Å². The number of hydrogen-bond acceptors (Lipinski definition) is 3. The number of rotatable bonds is 8. The van der Waals surface area contributed by atoms with Gasteiger partial charge in [0.15, 0.2) is 0 Å². The molecule has 0 heterocycles. The first-order valence-corrected chi connectivity index (χ1v) is 8.68. The van der Waals surface area contributed by atoms with Crippen LogP contribution in [0.2, 0.25) is 0 Å². The Kier molecular flexibility index (Phi) is 8.27. The van der Waals surface area contributed by atoms with Crippen LogP contribution in [-0.4, -0.2) is 49.1 Å². The van der Waals surface area contributed by atoms with Crippen LogP contribution in [0.1, 0.15) is 59.8 Å². The second-order valence-electron chi connectivity index (χ2n) is 6.88. The fourth-order valence-electron chi connectivity index (χ4n) is 3.11. The van der Waals surface area contributed by atoms with Crippen LogP contribution in [0.15, 0.2) is 0 Å². The monoisotopic (exact) mass is 297 g/mol. The van der Waals surface area contributed by atoms with Crippen molar-refractivity contribution in [2.75, 3.05) is 20.1 Å². The van der Waals surface area contributed by atoms with Gasteiger partial charge in [0.2, 0.25) is 5.91 Å². The number of hydrogen-bond donors (Lipinski definition) is 2. The quantitative estimate of drug-likeness (QED) is 0.723. The third-order valence-electron chi connectivity index (χ3n) is 4.78. The van der Waals surface area contributed by atoms with Crippen LogP contribution in [0, 0.1) is 5.92 Å². The van der Waals surface area contributed by atoms with Gasteiger partial charge in [-0.05, 0) is 58.5 Å². The summed E-state index contributed by atoms with van der Waals surface area (Å²) < 4.78 is 0. The summed E-state index contributed by atoms with van der Waals surface area (Å²) in [6.45, 7) is 10.4. The van der Waals surface area contributed by atoms with Gasteiger partial charge in [-0.1, -0.05) is 20.8 Å².